The van der Waals surface area contributed by atoms with Crippen molar-refractivity contribution in [3.63, 3.8) is 0 Å². The van der Waals surface area contributed by atoms with E-state index in [1.54, 1.807) is 32.9 Å². The fourth-order valence-electron chi connectivity index (χ4n) is 3.82. The zero-order valence-corrected chi connectivity index (χ0v) is 24.0. The number of methoxy groups -OCH3 is 1. The van der Waals surface area contributed by atoms with Gasteiger partial charge in [-0.3, -0.25) is 19.2 Å². The lowest BCUT2D eigenvalue weighted by molar-refractivity contribution is -0.145. The maximum Gasteiger partial charge on any atom is 0.408 e. The minimum atomic E-state index is -1.18. The Morgan fingerprint density at radius 3 is 2.21 bits per heavy atom. The van der Waals surface area contributed by atoms with Crippen LogP contribution in [-0.2, 0) is 28.7 Å². The first-order chi connectivity index (χ1) is 18.3. The van der Waals surface area contributed by atoms with Crippen LogP contribution in [0.15, 0.2) is 24.3 Å². The van der Waals surface area contributed by atoms with Crippen molar-refractivity contribution in [1.82, 2.24) is 15.5 Å². The fourth-order valence-corrected chi connectivity index (χ4v) is 3.82. The monoisotopic (exact) mass is 548 g/mol. The van der Waals surface area contributed by atoms with Crippen molar-refractivity contribution in [2.24, 2.45) is 5.73 Å². The summed E-state index contributed by atoms with van der Waals surface area (Å²) in [5.74, 6) is -2.44. The number of esters is 1. The molecule has 0 aliphatic carbocycles. The van der Waals surface area contributed by atoms with Crippen LogP contribution < -0.4 is 16.4 Å². The Bertz CT molecular complexity index is 973. The molecule has 0 spiro atoms. The van der Waals surface area contributed by atoms with Crippen LogP contribution in [0.3, 0.4) is 0 Å². The molecule has 1 rings (SSSR count). The van der Waals surface area contributed by atoms with Crippen molar-refractivity contribution in [2.75, 3.05) is 20.2 Å². The van der Waals surface area contributed by atoms with E-state index in [0.717, 1.165) is 24.8 Å². The van der Waals surface area contributed by atoms with Gasteiger partial charge in [0.05, 0.1) is 7.11 Å². The van der Waals surface area contributed by atoms with Crippen LogP contribution in [0, 0.1) is 6.92 Å². The highest BCUT2D eigenvalue weighted by Gasteiger charge is 2.36. The zero-order chi connectivity index (χ0) is 29.6. The van der Waals surface area contributed by atoms with E-state index in [1.165, 1.54) is 12.0 Å². The minimum Gasteiger partial charge on any atom is -0.468 e. The highest BCUT2D eigenvalue weighted by molar-refractivity contribution is 5.93. The molecule has 1 aromatic rings. The Balaban J connectivity index is 3.48. The lowest BCUT2D eigenvalue weighted by Gasteiger charge is -2.34. The van der Waals surface area contributed by atoms with Gasteiger partial charge in [-0.2, -0.15) is 0 Å². The zero-order valence-electron chi connectivity index (χ0n) is 24.0. The van der Waals surface area contributed by atoms with Crippen LogP contribution in [0.4, 0.5) is 4.79 Å². The first-order valence-corrected chi connectivity index (χ1v) is 13.3. The van der Waals surface area contributed by atoms with E-state index in [-0.39, 0.29) is 25.9 Å². The number of amides is 4. The van der Waals surface area contributed by atoms with E-state index in [4.69, 9.17) is 10.5 Å². The lowest BCUT2D eigenvalue weighted by Crippen LogP contribution is -2.53. The van der Waals surface area contributed by atoms with Gasteiger partial charge in [0.2, 0.25) is 17.7 Å². The van der Waals surface area contributed by atoms with Crippen LogP contribution in [0.25, 0.3) is 0 Å². The second-order valence-corrected chi connectivity index (χ2v) is 10.4. The van der Waals surface area contributed by atoms with E-state index in [9.17, 15) is 24.0 Å². The molecule has 0 fully saturated rings. The van der Waals surface area contributed by atoms with Gasteiger partial charge >= 0.3 is 12.1 Å². The van der Waals surface area contributed by atoms with Gasteiger partial charge in [0, 0.05) is 13.0 Å². The number of nitrogens with two attached hydrogens (primary N) is 1. The van der Waals surface area contributed by atoms with Crippen molar-refractivity contribution in [3.05, 3.63) is 35.4 Å². The summed E-state index contributed by atoms with van der Waals surface area (Å²) in [7, 11) is 1.21. The average molecular weight is 549 g/mol. The highest BCUT2D eigenvalue weighted by Crippen LogP contribution is 2.25. The SMILES string of the molecule is CCCCCCN(C(=O)C(CCC(N)=O)NC(=O)OC(C)(C)C)C(C(=O)NCC(=O)OC)c1ccc(C)cc1. The number of rotatable bonds is 15. The van der Waals surface area contributed by atoms with E-state index in [0.29, 0.717) is 12.0 Å². The Morgan fingerprint density at radius 1 is 1.03 bits per heavy atom. The smallest absolute Gasteiger partial charge is 0.408 e. The largest absolute Gasteiger partial charge is 0.468 e. The minimum absolute atomic E-state index is 0.0801. The molecule has 11 nitrogen and oxygen atoms in total. The predicted octanol–water partition coefficient (Wildman–Crippen LogP) is 2.89. The third-order valence-electron chi connectivity index (χ3n) is 5.79. The van der Waals surface area contributed by atoms with Crippen LogP contribution in [0.5, 0.6) is 0 Å². The molecule has 11 heteroatoms. The van der Waals surface area contributed by atoms with Gasteiger partial charge in [0.15, 0.2) is 0 Å². The summed E-state index contributed by atoms with van der Waals surface area (Å²) in [6, 6.07) is 4.83. The molecule has 1 aromatic carbocycles. The average Bonchev–Trinajstić information content (AvgIpc) is 2.86. The number of hydrogen-bond acceptors (Lipinski definition) is 7. The molecule has 2 atom stereocenters. The molecule has 218 valence electrons. The van der Waals surface area contributed by atoms with Crippen LogP contribution in [-0.4, -0.2) is 66.5 Å². The topological polar surface area (TPSA) is 157 Å². The molecule has 0 aliphatic rings. The van der Waals surface area contributed by atoms with Gasteiger partial charge in [-0.05, 0) is 46.1 Å². The summed E-state index contributed by atoms with van der Waals surface area (Å²) in [6.07, 6.45) is 2.24. The molecular formula is C28H44N4O7. The Kier molecular flexibility index (Phi) is 14.0. The number of carbonyl (C=O) groups excluding carboxylic acids is 5. The number of nitrogens with one attached hydrogen (secondary N) is 2. The van der Waals surface area contributed by atoms with Gasteiger partial charge in [0.1, 0.15) is 24.2 Å². The number of hydrogen-bond donors (Lipinski definition) is 3. The van der Waals surface area contributed by atoms with Gasteiger partial charge < -0.3 is 30.7 Å². The van der Waals surface area contributed by atoms with E-state index in [1.807, 2.05) is 19.1 Å². The van der Waals surface area contributed by atoms with Crippen LogP contribution >= 0.6 is 0 Å². The van der Waals surface area contributed by atoms with Crippen molar-refractivity contribution in [3.8, 4) is 0 Å². The summed E-state index contributed by atoms with van der Waals surface area (Å²) in [4.78, 5) is 64.8. The molecule has 0 bridgehead atoms. The molecule has 4 amide bonds. The second-order valence-electron chi connectivity index (χ2n) is 10.4. The summed E-state index contributed by atoms with van der Waals surface area (Å²) >= 11 is 0. The number of ether oxygens (including phenoxy) is 2. The van der Waals surface area contributed by atoms with Gasteiger partial charge in [0.25, 0.3) is 0 Å². The Hall–Kier alpha value is -3.63. The van der Waals surface area contributed by atoms with Crippen LogP contribution in [0.2, 0.25) is 0 Å². The Morgan fingerprint density at radius 2 is 1.67 bits per heavy atom. The molecule has 4 N–H and O–H groups in total. The predicted molar refractivity (Wildman–Crippen MR) is 146 cm³/mol. The fraction of sp³-hybridized carbons (Fsp3) is 0.607. The molecular weight excluding hydrogens is 504 g/mol. The third-order valence-corrected chi connectivity index (χ3v) is 5.79. The molecule has 0 saturated heterocycles. The van der Waals surface area contributed by atoms with Crippen LogP contribution in [0.1, 0.15) is 83.4 Å². The van der Waals surface area contributed by atoms with Gasteiger partial charge in [-0.15, -0.1) is 0 Å². The molecule has 2 unspecified atom stereocenters. The second kappa shape index (κ2) is 16.4. The third kappa shape index (κ3) is 12.6. The quantitative estimate of drug-likeness (QED) is 0.225. The highest BCUT2D eigenvalue weighted by atomic mass is 16.6. The molecule has 0 saturated carbocycles. The van der Waals surface area contributed by atoms with Crippen molar-refractivity contribution in [2.45, 2.75) is 90.8 Å². The van der Waals surface area contributed by atoms with Crippen molar-refractivity contribution in [1.29, 1.82) is 0 Å². The summed E-state index contributed by atoms with van der Waals surface area (Å²) in [5, 5.41) is 5.11. The maximum atomic E-state index is 14.0. The number of aryl methyl sites for hydroxylation is 1. The van der Waals surface area contributed by atoms with Crippen molar-refractivity contribution >= 4 is 29.8 Å². The lowest BCUT2D eigenvalue weighted by atomic mass is 10.00. The van der Waals surface area contributed by atoms with E-state index < -0.39 is 47.5 Å². The number of unbranched alkanes of at least 4 members (excludes halogenated alkanes) is 3. The summed E-state index contributed by atoms with van der Waals surface area (Å²) in [6.45, 7) is 8.84. The number of primary amides is 1. The summed E-state index contributed by atoms with van der Waals surface area (Å²) < 4.78 is 9.97. The van der Waals surface area contributed by atoms with E-state index >= 15 is 0 Å². The first kappa shape index (κ1) is 33.4. The standard InChI is InChI=1S/C28H44N4O7/c1-7-8-9-10-17-32(26(36)21(15-16-22(29)33)31-27(37)39-28(3,4)5)24(20-13-11-19(2)12-14-20)25(35)30-18-23(34)38-6/h11-14,21,24H,7-10,15-18H2,1-6H3,(H2,29,33)(H,30,35)(H,31,37). The molecule has 39 heavy (non-hydrogen) atoms. The molecule has 0 heterocycles. The number of benzene rings is 1. The summed E-state index contributed by atoms with van der Waals surface area (Å²) in [5.41, 5.74) is 6.00. The van der Waals surface area contributed by atoms with Crippen molar-refractivity contribution < 1.29 is 33.4 Å². The molecule has 0 aromatic heterocycles. The number of alkyl carbamates (subject to hydrolysis) is 1. The number of nitrogens with zero attached hydrogens (tertiary/aromatic N) is 1. The first-order valence-electron chi connectivity index (χ1n) is 13.3. The molecule has 0 aliphatic heterocycles. The van der Waals surface area contributed by atoms with Gasteiger partial charge in [-0.25, -0.2) is 4.79 Å². The van der Waals surface area contributed by atoms with Gasteiger partial charge in [-0.1, -0.05) is 56.0 Å². The molecule has 0 radical (unpaired) electrons. The van der Waals surface area contributed by atoms with E-state index in [2.05, 4.69) is 22.3 Å². The normalized spacial score (nSPS) is 12.6. The Labute approximate surface area is 231 Å². The number of carbonyl (C=O) groups is 5. The maximum absolute atomic E-state index is 14.0.